The zero-order chi connectivity index (χ0) is 13.5. The lowest BCUT2D eigenvalue weighted by Gasteiger charge is -2.24. The number of anilines is 1. The first-order chi connectivity index (χ1) is 8.54. The van der Waals surface area contributed by atoms with Crippen molar-refractivity contribution in [3.8, 4) is 6.07 Å². The van der Waals surface area contributed by atoms with Gasteiger partial charge in [0.05, 0.1) is 17.4 Å². The molecule has 1 rings (SSSR count). The molecule has 18 heavy (non-hydrogen) atoms. The summed E-state index contributed by atoms with van der Waals surface area (Å²) in [7, 11) is 0. The fraction of sp³-hybridized carbons (Fsp3) is 0.500. The monoisotopic (exact) mass is 248 g/mol. The highest BCUT2D eigenvalue weighted by molar-refractivity contribution is 5.43. The summed E-state index contributed by atoms with van der Waals surface area (Å²) >= 11 is 0. The third kappa shape index (κ3) is 4.01. The molecule has 0 atom stereocenters. The predicted molar refractivity (Wildman–Crippen MR) is 68.2 cm³/mol. The summed E-state index contributed by atoms with van der Waals surface area (Å²) in [5.41, 5.74) is -0.0245. The summed E-state index contributed by atoms with van der Waals surface area (Å²) in [5, 5.41) is 19.2. The van der Waals surface area contributed by atoms with E-state index in [0.29, 0.717) is 24.7 Å². The second-order valence-electron chi connectivity index (χ2n) is 4.38. The summed E-state index contributed by atoms with van der Waals surface area (Å²) in [6, 6.07) is 5.15. The van der Waals surface area contributed by atoms with Crippen LogP contribution in [0.3, 0.4) is 0 Å². The number of nitro groups is 1. The van der Waals surface area contributed by atoms with Gasteiger partial charge in [0.25, 0.3) is 5.69 Å². The molecule has 0 radical (unpaired) electrons. The molecule has 1 aromatic rings. The molecular weight excluding hydrogens is 232 g/mol. The van der Waals surface area contributed by atoms with E-state index in [0.717, 1.165) is 6.54 Å². The highest BCUT2D eigenvalue weighted by Crippen LogP contribution is 2.17. The summed E-state index contributed by atoms with van der Waals surface area (Å²) in [6.45, 7) is 5.50. The molecule has 6 nitrogen and oxygen atoms in total. The highest BCUT2D eigenvalue weighted by Gasteiger charge is 2.12. The average molecular weight is 248 g/mol. The van der Waals surface area contributed by atoms with Crippen LogP contribution in [0.4, 0.5) is 11.5 Å². The number of nitriles is 1. The topological polar surface area (TPSA) is 83.1 Å². The van der Waals surface area contributed by atoms with Gasteiger partial charge in [-0.3, -0.25) is 10.1 Å². The van der Waals surface area contributed by atoms with Crippen molar-refractivity contribution in [2.24, 2.45) is 5.92 Å². The van der Waals surface area contributed by atoms with Crippen molar-refractivity contribution in [3.05, 3.63) is 28.4 Å². The van der Waals surface area contributed by atoms with Gasteiger partial charge < -0.3 is 4.90 Å². The molecule has 0 aliphatic heterocycles. The quantitative estimate of drug-likeness (QED) is 0.570. The Morgan fingerprint density at radius 2 is 2.28 bits per heavy atom. The van der Waals surface area contributed by atoms with Crippen LogP contribution in [-0.4, -0.2) is 23.0 Å². The van der Waals surface area contributed by atoms with Gasteiger partial charge in [0.1, 0.15) is 12.0 Å². The van der Waals surface area contributed by atoms with E-state index >= 15 is 0 Å². The minimum atomic E-state index is -0.473. The average Bonchev–Trinajstić information content (AvgIpc) is 2.34. The van der Waals surface area contributed by atoms with Crippen LogP contribution in [0.15, 0.2) is 18.3 Å². The maximum atomic E-state index is 10.5. The second kappa shape index (κ2) is 6.55. The van der Waals surface area contributed by atoms with Gasteiger partial charge in [0.2, 0.25) is 0 Å². The third-order valence-corrected chi connectivity index (χ3v) is 2.35. The van der Waals surface area contributed by atoms with Gasteiger partial charge in [0, 0.05) is 19.2 Å². The molecule has 1 aromatic heterocycles. The van der Waals surface area contributed by atoms with E-state index in [4.69, 9.17) is 5.26 Å². The van der Waals surface area contributed by atoms with Gasteiger partial charge in [0.15, 0.2) is 0 Å². The Kier molecular flexibility index (Phi) is 5.06. The van der Waals surface area contributed by atoms with E-state index in [-0.39, 0.29) is 5.69 Å². The molecule has 96 valence electrons. The molecule has 0 amide bonds. The molecule has 0 aliphatic carbocycles. The Balaban J connectivity index is 2.84. The molecule has 0 fully saturated rings. The van der Waals surface area contributed by atoms with Gasteiger partial charge in [-0.1, -0.05) is 13.8 Å². The van der Waals surface area contributed by atoms with Gasteiger partial charge in [-0.15, -0.1) is 0 Å². The number of hydrogen-bond acceptors (Lipinski definition) is 5. The lowest BCUT2D eigenvalue weighted by atomic mass is 10.2. The lowest BCUT2D eigenvalue weighted by Crippen LogP contribution is -2.29. The van der Waals surface area contributed by atoms with E-state index in [1.165, 1.54) is 12.3 Å². The van der Waals surface area contributed by atoms with Crippen molar-refractivity contribution in [1.29, 1.82) is 5.26 Å². The number of hydrogen-bond donors (Lipinski definition) is 0. The first kappa shape index (κ1) is 13.9. The summed E-state index contributed by atoms with van der Waals surface area (Å²) in [6.07, 6.45) is 1.65. The fourth-order valence-electron chi connectivity index (χ4n) is 1.60. The number of aromatic nitrogens is 1. The molecule has 6 heteroatoms. The van der Waals surface area contributed by atoms with Crippen LogP contribution in [0, 0.1) is 27.4 Å². The van der Waals surface area contributed by atoms with Crippen molar-refractivity contribution in [3.63, 3.8) is 0 Å². The van der Waals surface area contributed by atoms with Crippen molar-refractivity contribution in [2.45, 2.75) is 20.3 Å². The SMILES string of the molecule is CC(C)CN(CCC#N)c1ccc([N+](=O)[O-])cn1. The smallest absolute Gasteiger partial charge is 0.287 e. The number of rotatable bonds is 6. The molecule has 0 aliphatic rings. The number of nitrogens with zero attached hydrogens (tertiary/aromatic N) is 4. The van der Waals surface area contributed by atoms with E-state index in [1.54, 1.807) is 6.07 Å². The molecule has 0 saturated heterocycles. The minimum absolute atomic E-state index is 0.0245. The van der Waals surface area contributed by atoms with Crippen LogP contribution in [0.5, 0.6) is 0 Å². The van der Waals surface area contributed by atoms with E-state index in [1.807, 2.05) is 4.90 Å². The minimum Gasteiger partial charge on any atom is -0.355 e. The molecular formula is C12H16N4O2. The molecule has 0 saturated carbocycles. The van der Waals surface area contributed by atoms with Crippen LogP contribution in [0.25, 0.3) is 0 Å². The van der Waals surface area contributed by atoms with Gasteiger partial charge in [-0.2, -0.15) is 5.26 Å². The van der Waals surface area contributed by atoms with Gasteiger partial charge in [-0.05, 0) is 12.0 Å². The molecule has 0 unspecified atom stereocenters. The Morgan fingerprint density at radius 1 is 1.56 bits per heavy atom. The summed E-state index contributed by atoms with van der Waals surface area (Å²) < 4.78 is 0. The van der Waals surface area contributed by atoms with E-state index in [9.17, 15) is 10.1 Å². The normalized spacial score (nSPS) is 10.1. The maximum absolute atomic E-state index is 10.5. The van der Waals surface area contributed by atoms with Crippen molar-refractivity contribution in [2.75, 3.05) is 18.0 Å². The Bertz CT molecular complexity index is 436. The summed E-state index contributed by atoms with van der Waals surface area (Å²) in [5.74, 6) is 1.10. The molecule has 0 bridgehead atoms. The largest absolute Gasteiger partial charge is 0.355 e. The second-order valence-corrected chi connectivity index (χ2v) is 4.38. The van der Waals surface area contributed by atoms with Crippen molar-refractivity contribution in [1.82, 2.24) is 4.98 Å². The fourth-order valence-corrected chi connectivity index (χ4v) is 1.60. The van der Waals surface area contributed by atoms with Crippen molar-refractivity contribution >= 4 is 11.5 Å². The zero-order valence-corrected chi connectivity index (χ0v) is 10.5. The standard InChI is InChI=1S/C12H16N4O2/c1-10(2)9-15(7-3-6-13)12-5-4-11(8-14-12)16(17)18/h4-5,8,10H,3,7,9H2,1-2H3. The Hall–Kier alpha value is -2.16. The predicted octanol–water partition coefficient (Wildman–Crippen LogP) is 2.37. The van der Waals surface area contributed by atoms with Gasteiger partial charge in [-0.25, -0.2) is 4.98 Å². The van der Waals surface area contributed by atoms with Crippen LogP contribution in [0.1, 0.15) is 20.3 Å². The highest BCUT2D eigenvalue weighted by atomic mass is 16.6. The molecule has 0 spiro atoms. The first-order valence-electron chi connectivity index (χ1n) is 5.77. The lowest BCUT2D eigenvalue weighted by molar-refractivity contribution is -0.385. The van der Waals surface area contributed by atoms with Gasteiger partial charge >= 0.3 is 0 Å². The summed E-state index contributed by atoms with van der Waals surface area (Å²) in [4.78, 5) is 16.1. The molecule has 1 heterocycles. The van der Waals surface area contributed by atoms with E-state index < -0.39 is 4.92 Å². The first-order valence-corrected chi connectivity index (χ1v) is 5.77. The van der Waals surface area contributed by atoms with E-state index in [2.05, 4.69) is 24.9 Å². The maximum Gasteiger partial charge on any atom is 0.287 e. The Morgan fingerprint density at radius 3 is 2.72 bits per heavy atom. The molecule has 0 N–H and O–H groups in total. The Labute approximate surface area is 106 Å². The zero-order valence-electron chi connectivity index (χ0n) is 10.5. The van der Waals surface area contributed by atoms with Crippen LogP contribution >= 0.6 is 0 Å². The van der Waals surface area contributed by atoms with Crippen LogP contribution < -0.4 is 4.90 Å². The van der Waals surface area contributed by atoms with Crippen LogP contribution in [0.2, 0.25) is 0 Å². The molecule has 0 aromatic carbocycles. The number of pyridine rings is 1. The van der Waals surface area contributed by atoms with Crippen molar-refractivity contribution < 1.29 is 4.92 Å². The third-order valence-electron chi connectivity index (χ3n) is 2.35. The van der Waals surface area contributed by atoms with Crippen LogP contribution in [-0.2, 0) is 0 Å².